The maximum absolute atomic E-state index is 12.3. The van der Waals surface area contributed by atoms with E-state index >= 15 is 0 Å². The summed E-state index contributed by atoms with van der Waals surface area (Å²) in [6, 6.07) is 6.62. The number of nitrogens with two attached hydrogens (primary N) is 1. The molecule has 0 spiro atoms. The van der Waals surface area contributed by atoms with Gasteiger partial charge in [0, 0.05) is 17.3 Å². The lowest BCUT2D eigenvalue weighted by Crippen LogP contribution is -2.49. The van der Waals surface area contributed by atoms with E-state index in [1.807, 2.05) is 0 Å². The molecule has 1 saturated carbocycles. The number of carbonyl (C=O) groups excluding carboxylic acids is 2. The summed E-state index contributed by atoms with van der Waals surface area (Å²) in [6.45, 7) is 0.586. The van der Waals surface area contributed by atoms with Crippen LogP contribution in [0.25, 0.3) is 0 Å². The van der Waals surface area contributed by atoms with Crippen LogP contribution in [0.4, 0.5) is 5.69 Å². The molecule has 1 aromatic carbocycles. The Labute approximate surface area is 122 Å². The summed E-state index contributed by atoms with van der Waals surface area (Å²) >= 11 is 5.84. The summed E-state index contributed by atoms with van der Waals surface area (Å²) in [5.74, 6) is -0.307. The summed E-state index contributed by atoms with van der Waals surface area (Å²) < 4.78 is 0. The van der Waals surface area contributed by atoms with Crippen molar-refractivity contribution in [1.82, 2.24) is 5.32 Å². The maximum atomic E-state index is 12.3. The topological polar surface area (TPSA) is 75.4 Å². The Morgan fingerprint density at radius 1 is 1.35 bits per heavy atom. The quantitative estimate of drug-likeness (QED) is 0.875. The van der Waals surface area contributed by atoms with E-state index in [-0.39, 0.29) is 11.8 Å². The van der Waals surface area contributed by atoms with E-state index in [1.54, 1.807) is 29.2 Å². The van der Waals surface area contributed by atoms with Crippen LogP contribution < -0.4 is 16.0 Å². The van der Waals surface area contributed by atoms with Crippen molar-refractivity contribution in [2.75, 3.05) is 11.4 Å². The summed E-state index contributed by atoms with van der Waals surface area (Å²) in [6.07, 6.45) is 1.99. The predicted octanol–water partition coefficient (Wildman–Crippen LogP) is 1.05. The number of hydrogen-bond acceptors (Lipinski definition) is 3. The molecule has 1 aliphatic heterocycles. The van der Waals surface area contributed by atoms with Crippen LogP contribution in [-0.4, -0.2) is 29.9 Å². The summed E-state index contributed by atoms with van der Waals surface area (Å²) in [7, 11) is 0. The Morgan fingerprint density at radius 2 is 2.00 bits per heavy atom. The molecule has 1 heterocycles. The smallest absolute Gasteiger partial charge is 0.249 e. The molecule has 1 unspecified atom stereocenters. The van der Waals surface area contributed by atoms with Gasteiger partial charge in [-0.05, 0) is 43.5 Å². The third-order valence-electron chi connectivity index (χ3n) is 3.89. The average Bonchev–Trinajstić information content (AvgIpc) is 3.09. The Morgan fingerprint density at radius 3 is 2.60 bits per heavy atom. The van der Waals surface area contributed by atoms with Gasteiger partial charge in [-0.1, -0.05) is 11.6 Å². The fourth-order valence-electron chi connectivity index (χ4n) is 2.35. The second kappa shape index (κ2) is 4.75. The minimum Gasteiger partial charge on any atom is -0.343 e. The molecule has 2 amide bonds. The third kappa shape index (κ3) is 2.39. The van der Waals surface area contributed by atoms with Crippen LogP contribution in [0.1, 0.15) is 19.3 Å². The molecule has 2 fully saturated rings. The first-order chi connectivity index (χ1) is 9.49. The molecule has 6 heteroatoms. The average molecular weight is 294 g/mol. The minimum atomic E-state index is -0.742. The minimum absolute atomic E-state index is 0.0927. The standard InChI is InChI=1S/C14H16ClN3O2/c15-9-1-3-10(4-2-9)18-8-5-11(12(18)19)17-13(20)14(16)6-7-14/h1-4,11H,5-8,16H2,(H,17,20). The first-order valence-electron chi connectivity index (χ1n) is 6.66. The van der Waals surface area contributed by atoms with Crippen LogP contribution in [-0.2, 0) is 9.59 Å². The van der Waals surface area contributed by atoms with Crippen molar-refractivity contribution < 1.29 is 9.59 Å². The Hall–Kier alpha value is -1.59. The molecule has 2 aliphatic rings. The number of hydrogen-bond donors (Lipinski definition) is 2. The molecular weight excluding hydrogens is 278 g/mol. The van der Waals surface area contributed by atoms with Gasteiger partial charge in [0.05, 0.1) is 5.54 Å². The number of carbonyl (C=O) groups is 2. The van der Waals surface area contributed by atoms with Crippen molar-refractivity contribution in [2.24, 2.45) is 5.73 Å². The molecule has 20 heavy (non-hydrogen) atoms. The summed E-state index contributed by atoms with van der Waals surface area (Å²) in [4.78, 5) is 25.9. The number of nitrogens with zero attached hydrogens (tertiary/aromatic N) is 1. The monoisotopic (exact) mass is 293 g/mol. The molecule has 0 radical (unpaired) electrons. The molecule has 1 atom stereocenters. The van der Waals surface area contributed by atoms with Gasteiger partial charge in [-0.25, -0.2) is 0 Å². The first-order valence-corrected chi connectivity index (χ1v) is 7.04. The highest BCUT2D eigenvalue weighted by Crippen LogP contribution is 2.32. The van der Waals surface area contributed by atoms with Crippen LogP contribution in [0.5, 0.6) is 0 Å². The zero-order chi connectivity index (χ0) is 14.3. The van der Waals surface area contributed by atoms with Gasteiger partial charge in [0.1, 0.15) is 6.04 Å². The van der Waals surface area contributed by atoms with E-state index < -0.39 is 11.6 Å². The molecule has 5 nitrogen and oxygen atoms in total. The Balaban J connectivity index is 1.67. The SMILES string of the molecule is NC1(C(=O)NC2CCN(c3ccc(Cl)cc3)C2=O)CC1. The second-order valence-corrected chi connectivity index (χ2v) is 5.87. The van der Waals surface area contributed by atoms with E-state index in [9.17, 15) is 9.59 Å². The number of nitrogens with one attached hydrogen (secondary N) is 1. The van der Waals surface area contributed by atoms with Gasteiger partial charge >= 0.3 is 0 Å². The number of benzene rings is 1. The summed E-state index contributed by atoms with van der Waals surface area (Å²) in [5, 5.41) is 3.39. The first kappa shape index (κ1) is 13.4. The highest BCUT2D eigenvalue weighted by atomic mass is 35.5. The molecule has 106 valence electrons. The van der Waals surface area contributed by atoms with Gasteiger partial charge in [0.25, 0.3) is 0 Å². The van der Waals surface area contributed by atoms with Crippen LogP contribution >= 0.6 is 11.6 Å². The summed E-state index contributed by atoms with van der Waals surface area (Å²) in [5.41, 5.74) is 5.88. The van der Waals surface area contributed by atoms with E-state index in [0.29, 0.717) is 30.8 Å². The number of rotatable bonds is 3. The largest absolute Gasteiger partial charge is 0.343 e. The zero-order valence-electron chi connectivity index (χ0n) is 10.9. The van der Waals surface area contributed by atoms with Gasteiger partial charge in [0.2, 0.25) is 11.8 Å². The maximum Gasteiger partial charge on any atom is 0.249 e. The van der Waals surface area contributed by atoms with Gasteiger partial charge in [-0.3, -0.25) is 9.59 Å². The fourth-order valence-corrected chi connectivity index (χ4v) is 2.48. The molecule has 1 aliphatic carbocycles. The van der Waals surface area contributed by atoms with Crippen molar-refractivity contribution >= 4 is 29.1 Å². The molecule has 3 N–H and O–H groups in total. The lowest BCUT2D eigenvalue weighted by molar-refractivity contribution is -0.127. The van der Waals surface area contributed by atoms with Gasteiger partial charge in [0.15, 0.2) is 0 Å². The molecule has 1 saturated heterocycles. The van der Waals surface area contributed by atoms with Crippen molar-refractivity contribution in [1.29, 1.82) is 0 Å². The van der Waals surface area contributed by atoms with E-state index in [1.165, 1.54) is 0 Å². The van der Waals surface area contributed by atoms with Crippen molar-refractivity contribution in [3.8, 4) is 0 Å². The Bertz CT molecular complexity index is 554. The van der Waals surface area contributed by atoms with E-state index in [4.69, 9.17) is 17.3 Å². The molecule has 3 rings (SSSR count). The van der Waals surface area contributed by atoms with Crippen molar-refractivity contribution in [2.45, 2.75) is 30.8 Å². The molecule has 0 aromatic heterocycles. The number of halogens is 1. The van der Waals surface area contributed by atoms with Crippen molar-refractivity contribution in [3.05, 3.63) is 29.3 Å². The molecular formula is C14H16ClN3O2. The van der Waals surface area contributed by atoms with Gasteiger partial charge in [-0.2, -0.15) is 0 Å². The normalized spacial score (nSPS) is 23.8. The lowest BCUT2D eigenvalue weighted by atomic mass is 10.2. The number of amides is 2. The third-order valence-corrected chi connectivity index (χ3v) is 4.14. The highest BCUT2D eigenvalue weighted by molar-refractivity contribution is 6.30. The fraction of sp³-hybridized carbons (Fsp3) is 0.429. The second-order valence-electron chi connectivity index (χ2n) is 5.44. The molecule has 0 bridgehead atoms. The van der Waals surface area contributed by atoms with Crippen LogP contribution in [0.2, 0.25) is 5.02 Å². The van der Waals surface area contributed by atoms with Crippen LogP contribution in [0.3, 0.4) is 0 Å². The molecule has 1 aromatic rings. The van der Waals surface area contributed by atoms with E-state index in [0.717, 1.165) is 5.69 Å². The van der Waals surface area contributed by atoms with Crippen molar-refractivity contribution in [3.63, 3.8) is 0 Å². The van der Waals surface area contributed by atoms with Crippen LogP contribution in [0, 0.1) is 0 Å². The lowest BCUT2D eigenvalue weighted by Gasteiger charge is -2.18. The predicted molar refractivity (Wildman–Crippen MR) is 76.5 cm³/mol. The van der Waals surface area contributed by atoms with E-state index in [2.05, 4.69) is 5.32 Å². The van der Waals surface area contributed by atoms with Gasteiger partial charge in [-0.15, -0.1) is 0 Å². The zero-order valence-corrected chi connectivity index (χ0v) is 11.7. The highest BCUT2D eigenvalue weighted by Gasteiger charge is 2.47. The van der Waals surface area contributed by atoms with Gasteiger partial charge < -0.3 is 16.0 Å². The number of anilines is 1. The Kier molecular flexibility index (Phi) is 3.18. The van der Waals surface area contributed by atoms with Crippen LogP contribution in [0.15, 0.2) is 24.3 Å².